The fraction of sp³-hybridized carbons (Fsp3) is 0.750. The summed E-state index contributed by atoms with van der Waals surface area (Å²) >= 11 is 0. The molecule has 0 saturated heterocycles. The lowest BCUT2D eigenvalue weighted by atomic mass is 9.97. The van der Waals surface area contributed by atoms with Crippen LogP contribution >= 0.6 is 0 Å². The lowest BCUT2D eigenvalue weighted by Crippen LogP contribution is -2.59. The monoisotopic (exact) mass is 390 g/mol. The number of rotatable bonds is 11. The molecule has 6 atom stereocenters. The molecule has 0 aromatic carbocycles. The third-order valence-corrected chi connectivity index (χ3v) is 4.16. The van der Waals surface area contributed by atoms with E-state index in [2.05, 4.69) is 16.0 Å². The van der Waals surface area contributed by atoms with Crippen LogP contribution in [0.15, 0.2) is 0 Å². The van der Waals surface area contributed by atoms with E-state index in [0.29, 0.717) is 6.42 Å². The second kappa shape index (κ2) is 11.5. The molecule has 0 aliphatic rings. The average molecular weight is 390 g/mol. The van der Waals surface area contributed by atoms with Gasteiger partial charge >= 0.3 is 5.97 Å². The molecule has 156 valence electrons. The molecule has 0 aliphatic heterocycles. The van der Waals surface area contributed by atoms with Gasteiger partial charge < -0.3 is 37.0 Å². The first kappa shape index (κ1) is 24.8. The number of amides is 3. The number of aliphatic hydroxyl groups excluding tert-OH is 2. The number of nitrogens with one attached hydrogen (secondary N) is 3. The minimum absolute atomic E-state index is 0.343. The molecule has 6 unspecified atom stereocenters. The molecule has 0 heterocycles. The van der Waals surface area contributed by atoms with Crippen LogP contribution in [0.4, 0.5) is 0 Å². The lowest BCUT2D eigenvalue weighted by Gasteiger charge is -2.27. The molecule has 11 heteroatoms. The van der Waals surface area contributed by atoms with Crippen LogP contribution in [-0.2, 0) is 19.2 Å². The number of aliphatic carboxylic acids is 1. The normalized spacial score (nSPS) is 17.6. The van der Waals surface area contributed by atoms with E-state index in [-0.39, 0.29) is 5.92 Å². The van der Waals surface area contributed by atoms with Crippen molar-refractivity contribution in [2.75, 3.05) is 6.61 Å². The molecule has 27 heavy (non-hydrogen) atoms. The highest BCUT2D eigenvalue weighted by atomic mass is 16.4. The number of carboxylic acid groups (broad SMARTS) is 1. The number of carboxylic acids is 1. The molecule has 11 nitrogen and oxygen atoms in total. The van der Waals surface area contributed by atoms with Gasteiger partial charge in [-0.2, -0.15) is 0 Å². The minimum Gasteiger partial charge on any atom is -0.480 e. The summed E-state index contributed by atoms with van der Waals surface area (Å²) in [6.45, 7) is 5.38. The largest absolute Gasteiger partial charge is 0.480 e. The SMILES string of the molecule is CCC(C)C(NC(=O)C(C)NC(=O)C(N)C(C)O)C(=O)NC(CO)C(=O)O. The molecule has 8 N–H and O–H groups in total. The Morgan fingerprint density at radius 1 is 0.963 bits per heavy atom. The predicted octanol–water partition coefficient (Wildman–Crippen LogP) is -2.71. The number of carbonyl (C=O) groups is 4. The van der Waals surface area contributed by atoms with E-state index in [4.69, 9.17) is 15.9 Å². The maximum absolute atomic E-state index is 12.4. The van der Waals surface area contributed by atoms with Crippen LogP contribution in [0.2, 0.25) is 0 Å². The van der Waals surface area contributed by atoms with Crippen molar-refractivity contribution < 1.29 is 34.5 Å². The standard InChI is InChI=1S/C16H30N4O7/c1-5-7(2)12(15(25)19-10(6-21)16(26)27)20-13(23)8(3)18-14(24)11(17)9(4)22/h7-12,21-22H,5-6,17H2,1-4H3,(H,18,24)(H,19,25)(H,20,23)(H,26,27). The lowest BCUT2D eigenvalue weighted by molar-refractivity contribution is -0.143. The number of carbonyl (C=O) groups excluding carboxylic acids is 3. The zero-order valence-electron chi connectivity index (χ0n) is 15.9. The second-order valence-electron chi connectivity index (χ2n) is 6.45. The van der Waals surface area contributed by atoms with E-state index < -0.39 is 60.6 Å². The van der Waals surface area contributed by atoms with Crippen molar-refractivity contribution in [1.29, 1.82) is 0 Å². The molecule has 0 saturated carbocycles. The Balaban J connectivity index is 5.08. The van der Waals surface area contributed by atoms with Crippen LogP contribution in [0.25, 0.3) is 0 Å². The van der Waals surface area contributed by atoms with Gasteiger partial charge in [-0.15, -0.1) is 0 Å². The molecule has 0 aromatic heterocycles. The third-order valence-electron chi connectivity index (χ3n) is 4.16. The van der Waals surface area contributed by atoms with Crippen LogP contribution in [0, 0.1) is 5.92 Å². The number of hydrogen-bond acceptors (Lipinski definition) is 7. The first-order chi connectivity index (χ1) is 12.5. The van der Waals surface area contributed by atoms with E-state index in [1.54, 1.807) is 13.8 Å². The molecular formula is C16H30N4O7. The maximum Gasteiger partial charge on any atom is 0.328 e. The van der Waals surface area contributed by atoms with Crippen molar-refractivity contribution in [2.45, 2.75) is 64.4 Å². The highest BCUT2D eigenvalue weighted by Gasteiger charge is 2.31. The molecule has 0 aliphatic carbocycles. The van der Waals surface area contributed by atoms with Crippen molar-refractivity contribution in [2.24, 2.45) is 11.7 Å². The van der Waals surface area contributed by atoms with Crippen molar-refractivity contribution in [3.63, 3.8) is 0 Å². The minimum atomic E-state index is -1.50. The summed E-state index contributed by atoms with van der Waals surface area (Å²) in [5.74, 6) is -3.93. The topological polar surface area (TPSA) is 191 Å². The fourth-order valence-electron chi connectivity index (χ4n) is 2.02. The van der Waals surface area contributed by atoms with Gasteiger partial charge in [-0.3, -0.25) is 14.4 Å². The van der Waals surface area contributed by atoms with Gasteiger partial charge in [-0.05, 0) is 19.8 Å². The van der Waals surface area contributed by atoms with Gasteiger partial charge in [0, 0.05) is 0 Å². The van der Waals surface area contributed by atoms with Gasteiger partial charge in [0.25, 0.3) is 0 Å². The molecule has 0 aromatic rings. The van der Waals surface area contributed by atoms with Crippen molar-refractivity contribution in [3.8, 4) is 0 Å². The fourth-order valence-corrected chi connectivity index (χ4v) is 2.02. The van der Waals surface area contributed by atoms with E-state index in [1.807, 2.05) is 0 Å². The second-order valence-corrected chi connectivity index (χ2v) is 6.45. The Hall–Kier alpha value is -2.24. The first-order valence-corrected chi connectivity index (χ1v) is 8.64. The highest BCUT2D eigenvalue weighted by molar-refractivity contribution is 5.94. The van der Waals surface area contributed by atoms with Gasteiger partial charge in [0.2, 0.25) is 17.7 Å². The zero-order valence-corrected chi connectivity index (χ0v) is 15.9. The average Bonchev–Trinajstić information content (AvgIpc) is 2.61. The van der Waals surface area contributed by atoms with Crippen molar-refractivity contribution >= 4 is 23.7 Å². The molecule has 0 spiro atoms. The molecule has 3 amide bonds. The van der Waals surface area contributed by atoms with Crippen LogP contribution in [-0.4, -0.2) is 75.9 Å². The maximum atomic E-state index is 12.4. The Labute approximate surface area is 157 Å². The van der Waals surface area contributed by atoms with Crippen molar-refractivity contribution in [1.82, 2.24) is 16.0 Å². The molecule has 0 radical (unpaired) electrons. The van der Waals surface area contributed by atoms with Gasteiger partial charge in [0.1, 0.15) is 24.2 Å². The van der Waals surface area contributed by atoms with Crippen LogP contribution < -0.4 is 21.7 Å². The summed E-state index contributed by atoms with van der Waals surface area (Å²) in [6, 6.07) is -4.83. The van der Waals surface area contributed by atoms with E-state index >= 15 is 0 Å². The molecule has 0 bridgehead atoms. The number of hydrogen-bond donors (Lipinski definition) is 7. The van der Waals surface area contributed by atoms with Gasteiger partial charge in [-0.25, -0.2) is 4.79 Å². The van der Waals surface area contributed by atoms with E-state index in [1.165, 1.54) is 13.8 Å². The predicted molar refractivity (Wildman–Crippen MR) is 95.3 cm³/mol. The Morgan fingerprint density at radius 3 is 1.93 bits per heavy atom. The highest BCUT2D eigenvalue weighted by Crippen LogP contribution is 2.09. The summed E-state index contributed by atoms with van der Waals surface area (Å²) in [5.41, 5.74) is 5.49. The number of nitrogens with two attached hydrogens (primary N) is 1. The summed E-state index contributed by atoms with van der Waals surface area (Å²) in [6.07, 6.45) is -0.603. The number of aliphatic hydroxyl groups is 2. The Kier molecular flexibility index (Phi) is 10.5. The zero-order chi connectivity index (χ0) is 21.3. The summed E-state index contributed by atoms with van der Waals surface area (Å²) in [5, 5.41) is 34.2. The third kappa shape index (κ3) is 7.89. The first-order valence-electron chi connectivity index (χ1n) is 8.64. The van der Waals surface area contributed by atoms with Gasteiger partial charge in [0.05, 0.1) is 12.7 Å². The Bertz CT molecular complexity index is 541. The molecular weight excluding hydrogens is 360 g/mol. The van der Waals surface area contributed by atoms with E-state index in [9.17, 15) is 24.3 Å². The van der Waals surface area contributed by atoms with Crippen LogP contribution in [0.3, 0.4) is 0 Å². The quantitative estimate of drug-likeness (QED) is 0.198. The smallest absolute Gasteiger partial charge is 0.328 e. The Morgan fingerprint density at radius 2 is 1.52 bits per heavy atom. The summed E-state index contributed by atoms with van der Waals surface area (Å²) in [4.78, 5) is 47.5. The van der Waals surface area contributed by atoms with Gasteiger partial charge in [0.15, 0.2) is 0 Å². The molecule has 0 fully saturated rings. The van der Waals surface area contributed by atoms with Gasteiger partial charge in [-0.1, -0.05) is 20.3 Å². The molecule has 0 rings (SSSR count). The van der Waals surface area contributed by atoms with Crippen LogP contribution in [0.5, 0.6) is 0 Å². The van der Waals surface area contributed by atoms with Crippen molar-refractivity contribution in [3.05, 3.63) is 0 Å². The summed E-state index contributed by atoms with van der Waals surface area (Å²) < 4.78 is 0. The van der Waals surface area contributed by atoms with E-state index in [0.717, 1.165) is 0 Å². The summed E-state index contributed by atoms with van der Waals surface area (Å²) in [7, 11) is 0. The van der Waals surface area contributed by atoms with Crippen LogP contribution in [0.1, 0.15) is 34.1 Å².